The van der Waals surface area contributed by atoms with Crippen LogP contribution in [0, 0.1) is 0 Å². The van der Waals surface area contributed by atoms with Crippen molar-refractivity contribution in [1.29, 1.82) is 0 Å². The van der Waals surface area contributed by atoms with Crippen LogP contribution in [0.5, 0.6) is 0 Å². The third-order valence-corrected chi connectivity index (χ3v) is 4.34. The zero-order valence-corrected chi connectivity index (χ0v) is 15.6. The minimum Gasteiger partial charge on any atom is -0.378 e. The number of likely N-dealkylation sites (tertiary alicyclic amines) is 1. The van der Waals surface area contributed by atoms with Crippen molar-refractivity contribution in [2.45, 2.75) is 39.3 Å². The molecule has 1 aromatic rings. The van der Waals surface area contributed by atoms with E-state index in [0.717, 1.165) is 45.0 Å². The molecule has 0 aromatic heterocycles. The highest BCUT2D eigenvalue weighted by Gasteiger charge is 2.21. The molecule has 0 aliphatic carbocycles. The van der Waals surface area contributed by atoms with Gasteiger partial charge in [0.2, 0.25) is 0 Å². The second-order valence-electron chi connectivity index (χ2n) is 6.37. The van der Waals surface area contributed by atoms with Gasteiger partial charge in [0.25, 0.3) is 0 Å². The number of nitrogens with zero attached hydrogens (tertiary/aromatic N) is 3. The van der Waals surface area contributed by atoms with E-state index >= 15 is 0 Å². The molecule has 1 saturated heterocycles. The van der Waals surface area contributed by atoms with Gasteiger partial charge in [-0.3, -0.25) is 0 Å². The molecule has 0 spiro atoms. The number of benzene rings is 1. The molecule has 24 heavy (non-hydrogen) atoms. The predicted octanol–water partition coefficient (Wildman–Crippen LogP) is 2.72. The first-order valence-corrected chi connectivity index (χ1v) is 9.05. The van der Waals surface area contributed by atoms with Crippen molar-refractivity contribution in [3.05, 3.63) is 29.8 Å². The molecular formula is C19H32N4O. The summed E-state index contributed by atoms with van der Waals surface area (Å²) in [6.07, 6.45) is 2.57. The van der Waals surface area contributed by atoms with Gasteiger partial charge in [0.05, 0.1) is 12.6 Å². The van der Waals surface area contributed by atoms with Crippen LogP contribution in [0.15, 0.2) is 29.3 Å². The summed E-state index contributed by atoms with van der Waals surface area (Å²) in [6, 6.07) is 8.60. The first-order valence-electron chi connectivity index (χ1n) is 9.05. The molecule has 5 heteroatoms. The van der Waals surface area contributed by atoms with Gasteiger partial charge in [-0.05, 0) is 44.4 Å². The van der Waals surface area contributed by atoms with E-state index in [1.165, 1.54) is 11.3 Å². The Morgan fingerprint density at radius 1 is 1.21 bits per heavy atom. The third-order valence-electron chi connectivity index (χ3n) is 4.34. The first kappa shape index (κ1) is 18.6. The number of hydrogen-bond acceptors (Lipinski definition) is 3. The van der Waals surface area contributed by atoms with E-state index in [0.29, 0.717) is 12.6 Å². The molecule has 1 fully saturated rings. The maximum atomic E-state index is 5.74. The van der Waals surface area contributed by atoms with Crippen molar-refractivity contribution in [3.63, 3.8) is 0 Å². The largest absolute Gasteiger partial charge is 0.378 e. The molecule has 1 N–H and O–H groups in total. The highest BCUT2D eigenvalue weighted by molar-refractivity contribution is 5.80. The second-order valence-corrected chi connectivity index (χ2v) is 6.37. The van der Waals surface area contributed by atoms with Gasteiger partial charge in [0, 0.05) is 46.0 Å². The summed E-state index contributed by atoms with van der Waals surface area (Å²) in [5.41, 5.74) is 2.45. The molecule has 134 valence electrons. The van der Waals surface area contributed by atoms with Crippen molar-refractivity contribution >= 4 is 11.6 Å². The molecule has 1 aliphatic heterocycles. The Labute approximate surface area is 146 Å². The van der Waals surface area contributed by atoms with Crippen LogP contribution in [0.4, 0.5) is 5.69 Å². The molecule has 0 saturated carbocycles. The van der Waals surface area contributed by atoms with Gasteiger partial charge in [-0.25, -0.2) is 4.99 Å². The fourth-order valence-corrected chi connectivity index (χ4v) is 2.96. The maximum absolute atomic E-state index is 5.74. The Hall–Kier alpha value is -1.75. The van der Waals surface area contributed by atoms with Gasteiger partial charge < -0.3 is 19.9 Å². The molecule has 1 heterocycles. The lowest BCUT2D eigenvalue weighted by atomic mass is 10.1. The van der Waals surface area contributed by atoms with E-state index in [9.17, 15) is 0 Å². The fourth-order valence-electron chi connectivity index (χ4n) is 2.96. The van der Waals surface area contributed by atoms with Crippen molar-refractivity contribution in [2.75, 3.05) is 45.2 Å². The van der Waals surface area contributed by atoms with E-state index in [1.54, 1.807) is 0 Å². The monoisotopic (exact) mass is 332 g/mol. The van der Waals surface area contributed by atoms with Crippen molar-refractivity contribution in [3.8, 4) is 0 Å². The highest BCUT2D eigenvalue weighted by atomic mass is 16.5. The van der Waals surface area contributed by atoms with Crippen LogP contribution in [0.3, 0.4) is 0 Å². The SMILES string of the molecule is CCNC(=NCc1ccc(N(C)C)cc1)N1CCC(OCC)CC1. The molecular weight excluding hydrogens is 300 g/mol. The maximum Gasteiger partial charge on any atom is 0.194 e. The summed E-state index contributed by atoms with van der Waals surface area (Å²) in [5, 5.41) is 3.43. The molecule has 0 radical (unpaired) electrons. The summed E-state index contributed by atoms with van der Waals surface area (Å²) in [4.78, 5) is 9.30. The van der Waals surface area contributed by atoms with Gasteiger partial charge in [-0.2, -0.15) is 0 Å². The van der Waals surface area contributed by atoms with E-state index in [-0.39, 0.29) is 0 Å². The lowest BCUT2D eigenvalue weighted by Crippen LogP contribution is -2.47. The summed E-state index contributed by atoms with van der Waals surface area (Å²) >= 11 is 0. The van der Waals surface area contributed by atoms with Crippen molar-refractivity contribution in [1.82, 2.24) is 10.2 Å². The average molecular weight is 332 g/mol. The molecule has 0 unspecified atom stereocenters. The van der Waals surface area contributed by atoms with Crippen LogP contribution in [-0.2, 0) is 11.3 Å². The molecule has 0 bridgehead atoms. The lowest BCUT2D eigenvalue weighted by molar-refractivity contribution is 0.0263. The van der Waals surface area contributed by atoms with Gasteiger partial charge in [-0.15, -0.1) is 0 Å². The van der Waals surface area contributed by atoms with Gasteiger partial charge in [0.15, 0.2) is 5.96 Å². The minimum atomic E-state index is 0.410. The number of hydrogen-bond donors (Lipinski definition) is 1. The fraction of sp³-hybridized carbons (Fsp3) is 0.632. The zero-order chi connectivity index (χ0) is 17.4. The Morgan fingerprint density at radius 2 is 1.88 bits per heavy atom. The smallest absolute Gasteiger partial charge is 0.194 e. The Kier molecular flexibility index (Phi) is 7.37. The molecule has 2 rings (SSSR count). The molecule has 1 aliphatic rings. The van der Waals surface area contributed by atoms with Crippen LogP contribution >= 0.6 is 0 Å². The Balaban J connectivity index is 1.95. The first-order chi connectivity index (χ1) is 11.6. The highest BCUT2D eigenvalue weighted by Crippen LogP contribution is 2.15. The predicted molar refractivity (Wildman–Crippen MR) is 102 cm³/mol. The lowest BCUT2D eigenvalue weighted by Gasteiger charge is -2.34. The van der Waals surface area contributed by atoms with E-state index in [1.807, 2.05) is 0 Å². The number of anilines is 1. The van der Waals surface area contributed by atoms with Crippen molar-refractivity contribution in [2.24, 2.45) is 4.99 Å². The standard InChI is InChI=1S/C19H32N4O/c1-5-20-19(23-13-11-18(12-14-23)24-6-2)21-15-16-7-9-17(10-8-16)22(3)4/h7-10,18H,5-6,11-15H2,1-4H3,(H,20,21). The Bertz CT molecular complexity index is 505. The molecule has 5 nitrogen and oxygen atoms in total. The van der Waals surface area contributed by atoms with Crippen LogP contribution < -0.4 is 10.2 Å². The van der Waals surface area contributed by atoms with E-state index in [2.05, 4.69) is 67.3 Å². The van der Waals surface area contributed by atoms with Crippen LogP contribution in [-0.4, -0.2) is 57.3 Å². The Morgan fingerprint density at radius 3 is 2.42 bits per heavy atom. The quantitative estimate of drug-likeness (QED) is 0.642. The van der Waals surface area contributed by atoms with Gasteiger partial charge in [0.1, 0.15) is 0 Å². The van der Waals surface area contributed by atoms with Crippen LogP contribution in [0.1, 0.15) is 32.3 Å². The summed E-state index contributed by atoms with van der Waals surface area (Å²) in [7, 11) is 4.12. The summed E-state index contributed by atoms with van der Waals surface area (Å²) in [5.74, 6) is 1.02. The number of ether oxygens (including phenoxy) is 1. The van der Waals surface area contributed by atoms with Gasteiger partial charge in [-0.1, -0.05) is 12.1 Å². The molecule has 1 aromatic carbocycles. The number of guanidine groups is 1. The molecule has 0 atom stereocenters. The number of rotatable bonds is 6. The topological polar surface area (TPSA) is 40.1 Å². The van der Waals surface area contributed by atoms with Crippen LogP contribution in [0.2, 0.25) is 0 Å². The van der Waals surface area contributed by atoms with Crippen molar-refractivity contribution < 1.29 is 4.74 Å². The average Bonchev–Trinajstić information content (AvgIpc) is 2.60. The second kappa shape index (κ2) is 9.52. The number of piperidine rings is 1. The van der Waals surface area contributed by atoms with E-state index in [4.69, 9.17) is 9.73 Å². The van der Waals surface area contributed by atoms with Crippen LogP contribution in [0.25, 0.3) is 0 Å². The third kappa shape index (κ3) is 5.41. The minimum absolute atomic E-state index is 0.410. The zero-order valence-electron chi connectivity index (χ0n) is 15.6. The number of aliphatic imine (C=N–C) groups is 1. The number of nitrogens with one attached hydrogen (secondary N) is 1. The summed E-state index contributed by atoms with van der Waals surface area (Å²) < 4.78 is 5.74. The molecule has 0 amide bonds. The van der Waals surface area contributed by atoms with E-state index < -0.39 is 0 Å². The summed E-state index contributed by atoms with van der Waals surface area (Å²) in [6.45, 7) is 8.62. The normalized spacial score (nSPS) is 16.3. The van der Waals surface area contributed by atoms with Gasteiger partial charge >= 0.3 is 0 Å².